The van der Waals surface area contributed by atoms with Crippen molar-refractivity contribution in [3.8, 4) is 11.1 Å². The molecule has 0 bridgehead atoms. The van der Waals surface area contributed by atoms with Gasteiger partial charge in [0.1, 0.15) is 0 Å². The van der Waals surface area contributed by atoms with Crippen molar-refractivity contribution in [1.82, 2.24) is 4.98 Å². The summed E-state index contributed by atoms with van der Waals surface area (Å²) in [6, 6.07) is 21.9. The number of hydrogen-bond donors (Lipinski definition) is 2. The third-order valence-corrected chi connectivity index (χ3v) is 6.15. The maximum Gasteiger partial charge on any atom is 0.232 e. The number of nitrogens with one attached hydrogen (secondary N) is 2. The fourth-order valence-electron chi connectivity index (χ4n) is 3.46. The van der Waals surface area contributed by atoms with Gasteiger partial charge in [-0.1, -0.05) is 67.9 Å². The number of fused-ring (bicyclic) bond motifs is 3. The van der Waals surface area contributed by atoms with Crippen LogP contribution >= 0.6 is 0 Å². The first-order valence-corrected chi connectivity index (χ1v) is 10.8. The molecule has 0 amide bonds. The summed E-state index contributed by atoms with van der Waals surface area (Å²) < 4.78 is 27.6. The summed E-state index contributed by atoms with van der Waals surface area (Å²) >= 11 is 0. The predicted molar refractivity (Wildman–Crippen MR) is 114 cm³/mol. The zero-order valence-electron chi connectivity index (χ0n) is 15.2. The molecule has 0 atom stereocenters. The summed E-state index contributed by atoms with van der Waals surface area (Å²) in [5.41, 5.74) is 4.55. The Morgan fingerprint density at radius 3 is 2.41 bits per heavy atom. The lowest BCUT2D eigenvalue weighted by molar-refractivity contribution is 0.598. The molecule has 0 aliphatic carbocycles. The Hall–Kier alpha value is -2.79. The van der Waals surface area contributed by atoms with Gasteiger partial charge >= 0.3 is 0 Å². The summed E-state index contributed by atoms with van der Waals surface area (Å²) in [7, 11) is -3.37. The number of H-pyrrole nitrogens is 1. The Morgan fingerprint density at radius 2 is 1.56 bits per heavy atom. The molecular weight excluding hydrogens is 356 g/mol. The molecule has 2 N–H and O–H groups in total. The molecule has 1 heterocycles. The van der Waals surface area contributed by atoms with E-state index in [9.17, 15) is 8.42 Å². The molecule has 0 spiro atoms. The minimum absolute atomic E-state index is 0.133. The molecule has 0 fully saturated rings. The fourth-order valence-corrected chi connectivity index (χ4v) is 4.74. The molecule has 0 aliphatic heterocycles. The standard InChI is InChI=1S/C22H22N2O2S/c1-2-3-15-27(25,26)24-21-14-7-5-10-17(21)19-12-8-11-18-16-9-4-6-13-20(16)23-22(18)19/h4-14,23-24H,2-3,15H2,1H3. The van der Waals surface area contributed by atoms with Gasteiger partial charge in [0.05, 0.1) is 17.0 Å². The second-order valence-corrected chi connectivity index (χ2v) is 8.56. The molecule has 0 radical (unpaired) electrons. The Labute approximate surface area is 159 Å². The second-order valence-electron chi connectivity index (χ2n) is 6.72. The monoisotopic (exact) mass is 378 g/mol. The summed E-state index contributed by atoms with van der Waals surface area (Å²) in [4.78, 5) is 3.49. The van der Waals surface area contributed by atoms with Gasteiger partial charge in [-0.2, -0.15) is 0 Å². The minimum atomic E-state index is -3.37. The SMILES string of the molecule is CCCCS(=O)(=O)Nc1ccccc1-c1cccc2c1[nH]c1ccccc12. The van der Waals surface area contributed by atoms with E-state index in [0.29, 0.717) is 12.1 Å². The van der Waals surface area contributed by atoms with Crippen molar-refractivity contribution in [2.45, 2.75) is 19.8 Å². The molecular formula is C22H22N2O2S. The van der Waals surface area contributed by atoms with Crippen molar-refractivity contribution < 1.29 is 8.42 Å². The minimum Gasteiger partial charge on any atom is -0.354 e. The van der Waals surface area contributed by atoms with Gasteiger partial charge in [-0.05, 0) is 18.6 Å². The summed E-state index contributed by atoms with van der Waals surface area (Å²) in [5.74, 6) is 0.133. The van der Waals surface area contributed by atoms with Crippen LogP contribution in [0.5, 0.6) is 0 Å². The quantitative estimate of drug-likeness (QED) is 0.463. The maximum absolute atomic E-state index is 12.4. The molecule has 0 saturated carbocycles. The highest BCUT2D eigenvalue weighted by molar-refractivity contribution is 7.92. The molecule has 4 aromatic rings. The van der Waals surface area contributed by atoms with Crippen LogP contribution in [0, 0.1) is 0 Å². The van der Waals surface area contributed by atoms with Crippen LogP contribution in [0.3, 0.4) is 0 Å². The van der Waals surface area contributed by atoms with E-state index in [1.54, 1.807) is 0 Å². The number of para-hydroxylation sites is 3. The van der Waals surface area contributed by atoms with Crippen molar-refractivity contribution >= 4 is 37.5 Å². The molecule has 4 nitrogen and oxygen atoms in total. The van der Waals surface area contributed by atoms with Gasteiger partial charge in [0.25, 0.3) is 0 Å². The van der Waals surface area contributed by atoms with Gasteiger partial charge in [0, 0.05) is 27.4 Å². The van der Waals surface area contributed by atoms with Crippen LogP contribution in [0.15, 0.2) is 66.7 Å². The molecule has 1 aromatic heterocycles. The third kappa shape index (κ3) is 3.43. The van der Waals surface area contributed by atoms with Gasteiger partial charge in [0.15, 0.2) is 0 Å². The van der Waals surface area contributed by atoms with E-state index in [0.717, 1.165) is 39.4 Å². The highest BCUT2D eigenvalue weighted by Gasteiger charge is 2.16. The van der Waals surface area contributed by atoms with E-state index in [2.05, 4.69) is 27.9 Å². The number of rotatable bonds is 6. The van der Waals surface area contributed by atoms with Gasteiger partial charge in [0.2, 0.25) is 10.0 Å². The Kier molecular flexibility index (Phi) is 4.62. The molecule has 4 rings (SSSR count). The highest BCUT2D eigenvalue weighted by Crippen LogP contribution is 2.36. The number of aromatic amines is 1. The van der Waals surface area contributed by atoms with Crippen molar-refractivity contribution in [3.63, 3.8) is 0 Å². The number of aromatic nitrogens is 1. The first kappa shape index (κ1) is 17.6. The van der Waals surface area contributed by atoms with Crippen molar-refractivity contribution in [3.05, 3.63) is 66.7 Å². The van der Waals surface area contributed by atoms with E-state index in [4.69, 9.17) is 0 Å². The number of sulfonamides is 1. The predicted octanol–water partition coefficient (Wildman–Crippen LogP) is 5.53. The van der Waals surface area contributed by atoms with Crippen LogP contribution in [0.4, 0.5) is 5.69 Å². The van der Waals surface area contributed by atoms with E-state index in [1.165, 1.54) is 0 Å². The largest absolute Gasteiger partial charge is 0.354 e. The summed E-state index contributed by atoms with van der Waals surface area (Å²) in [6.45, 7) is 1.99. The van der Waals surface area contributed by atoms with E-state index >= 15 is 0 Å². The normalized spacial score (nSPS) is 11.9. The average molecular weight is 378 g/mol. The molecule has 0 unspecified atom stereocenters. The summed E-state index contributed by atoms with van der Waals surface area (Å²) in [5, 5.41) is 2.29. The average Bonchev–Trinajstić information content (AvgIpc) is 3.05. The van der Waals surface area contributed by atoms with Gasteiger partial charge < -0.3 is 4.98 Å². The Bertz CT molecular complexity index is 1210. The lowest BCUT2D eigenvalue weighted by Gasteiger charge is -2.13. The maximum atomic E-state index is 12.4. The van der Waals surface area contributed by atoms with Gasteiger partial charge in [-0.15, -0.1) is 0 Å². The number of benzene rings is 3. The second kappa shape index (κ2) is 7.08. The molecule has 138 valence electrons. The number of unbranched alkanes of at least 4 members (excludes halogenated alkanes) is 1. The van der Waals surface area contributed by atoms with Crippen LogP contribution in [0.25, 0.3) is 32.9 Å². The molecule has 27 heavy (non-hydrogen) atoms. The number of anilines is 1. The zero-order chi connectivity index (χ0) is 18.9. The molecule has 0 aliphatic rings. The third-order valence-electron chi connectivity index (χ3n) is 4.79. The van der Waals surface area contributed by atoms with E-state index in [1.807, 2.05) is 55.5 Å². The van der Waals surface area contributed by atoms with Gasteiger partial charge in [-0.25, -0.2) is 8.42 Å². The summed E-state index contributed by atoms with van der Waals surface area (Å²) in [6.07, 6.45) is 1.49. The van der Waals surface area contributed by atoms with Crippen LogP contribution in [-0.2, 0) is 10.0 Å². The van der Waals surface area contributed by atoms with Crippen LogP contribution in [0.2, 0.25) is 0 Å². The fraction of sp³-hybridized carbons (Fsp3) is 0.182. The van der Waals surface area contributed by atoms with E-state index < -0.39 is 10.0 Å². The van der Waals surface area contributed by atoms with Crippen molar-refractivity contribution in [2.75, 3.05) is 10.5 Å². The Balaban J connectivity index is 1.85. The van der Waals surface area contributed by atoms with Gasteiger partial charge in [-0.3, -0.25) is 4.72 Å². The highest BCUT2D eigenvalue weighted by atomic mass is 32.2. The van der Waals surface area contributed by atoms with Crippen LogP contribution < -0.4 is 4.72 Å². The Morgan fingerprint density at radius 1 is 0.852 bits per heavy atom. The van der Waals surface area contributed by atoms with Crippen molar-refractivity contribution in [2.24, 2.45) is 0 Å². The molecule has 0 saturated heterocycles. The lowest BCUT2D eigenvalue weighted by atomic mass is 10.0. The van der Waals surface area contributed by atoms with Crippen molar-refractivity contribution in [1.29, 1.82) is 0 Å². The first-order chi connectivity index (χ1) is 13.1. The van der Waals surface area contributed by atoms with Crippen LogP contribution in [-0.4, -0.2) is 19.2 Å². The first-order valence-electron chi connectivity index (χ1n) is 9.18. The molecule has 3 aromatic carbocycles. The lowest BCUT2D eigenvalue weighted by Crippen LogP contribution is -2.17. The number of hydrogen-bond acceptors (Lipinski definition) is 2. The van der Waals surface area contributed by atoms with E-state index in [-0.39, 0.29) is 5.75 Å². The van der Waals surface area contributed by atoms with Crippen LogP contribution in [0.1, 0.15) is 19.8 Å². The zero-order valence-corrected chi connectivity index (χ0v) is 16.0. The topological polar surface area (TPSA) is 62.0 Å². The smallest absolute Gasteiger partial charge is 0.232 e. The molecule has 5 heteroatoms.